The summed E-state index contributed by atoms with van der Waals surface area (Å²) in [5.74, 6) is 1.65. The fourth-order valence-corrected chi connectivity index (χ4v) is 1.79. The van der Waals surface area contributed by atoms with Crippen molar-refractivity contribution in [3.63, 3.8) is 0 Å². The van der Waals surface area contributed by atoms with Crippen LogP contribution in [0.15, 0.2) is 48.5 Å². The quantitative estimate of drug-likeness (QED) is 0.869. The van der Waals surface area contributed by atoms with Gasteiger partial charge in [-0.3, -0.25) is 0 Å². The van der Waals surface area contributed by atoms with Crippen molar-refractivity contribution in [3.8, 4) is 11.5 Å². The standard InChI is InChI=1S/C16H18O2/c1-3-15(17)13-8-10-14(11-9-13)18-16-7-5-4-6-12(16)2/h4-11,15,17H,3H2,1-2H3. The molecule has 94 valence electrons. The molecule has 0 aliphatic rings. The van der Waals surface area contributed by atoms with Gasteiger partial charge in [-0.05, 0) is 42.7 Å². The minimum absolute atomic E-state index is 0.391. The molecule has 0 saturated heterocycles. The molecule has 0 aromatic heterocycles. The molecule has 1 atom stereocenters. The van der Waals surface area contributed by atoms with E-state index in [1.165, 1.54) is 0 Å². The van der Waals surface area contributed by atoms with Crippen LogP contribution in [0.5, 0.6) is 11.5 Å². The average Bonchev–Trinajstić information content (AvgIpc) is 2.41. The Balaban J connectivity index is 2.14. The largest absolute Gasteiger partial charge is 0.457 e. The summed E-state index contributed by atoms with van der Waals surface area (Å²) in [6.45, 7) is 3.98. The van der Waals surface area contributed by atoms with Crippen LogP contribution < -0.4 is 4.74 Å². The van der Waals surface area contributed by atoms with Gasteiger partial charge in [0.25, 0.3) is 0 Å². The maximum absolute atomic E-state index is 9.71. The maximum Gasteiger partial charge on any atom is 0.130 e. The fraction of sp³-hybridized carbons (Fsp3) is 0.250. The van der Waals surface area contributed by atoms with Crippen molar-refractivity contribution in [3.05, 3.63) is 59.7 Å². The summed E-state index contributed by atoms with van der Waals surface area (Å²) in [5, 5.41) is 9.71. The Kier molecular flexibility index (Phi) is 4.00. The minimum atomic E-state index is -0.391. The van der Waals surface area contributed by atoms with Crippen LogP contribution in [0, 0.1) is 6.92 Å². The van der Waals surface area contributed by atoms with Gasteiger partial charge in [-0.15, -0.1) is 0 Å². The molecule has 2 heteroatoms. The maximum atomic E-state index is 9.71. The first kappa shape index (κ1) is 12.7. The van der Waals surface area contributed by atoms with Crippen molar-refractivity contribution in [1.29, 1.82) is 0 Å². The lowest BCUT2D eigenvalue weighted by Crippen LogP contribution is -1.94. The first-order chi connectivity index (χ1) is 8.70. The van der Waals surface area contributed by atoms with E-state index in [1.807, 2.05) is 62.4 Å². The number of rotatable bonds is 4. The molecule has 0 radical (unpaired) electrons. The molecule has 2 aromatic rings. The van der Waals surface area contributed by atoms with Gasteiger partial charge in [0.1, 0.15) is 11.5 Å². The monoisotopic (exact) mass is 242 g/mol. The third-order valence-corrected chi connectivity index (χ3v) is 2.97. The molecule has 18 heavy (non-hydrogen) atoms. The van der Waals surface area contributed by atoms with E-state index >= 15 is 0 Å². The lowest BCUT2D eigenvalue weighted by atomic mass is 10.1. The van der Waals surface area contributed by atoms with E-state index in [4.69, 9.17) is 4.74 Å². The fourth-order valence-electron chi connectivity index (χ4n) is 1.79. The second-order valence-electron chi connectivity index (χ2n) is 4.36. The summed E-state index contributed by atoms with van der Waals surface area (Å²) in [5.41, 5.74) is 2.03. The van der Waals surface area contributed by atoms with E-state index in [9.17, 15) is 5.11 Å². The van der Waals surface area contributed by atoms with Crippen LogP contribution in [-0.4, -0.2) is 5.11 Å². The van der Waals surface area contributed by atoms with Gasteiger partial charge < -0.3 is 9.84 Å². The molecule has 0 bridgehead atoms. The topological polar surface area (TPSA) is 29.5 Å². The Morgan fingerprint density at radius 3 is 2.33 bits per heavy atom. The Labute approximate surface area is 108 Å². The first-order valence-corrected chi connectivity index (χ1v) is 6.22. The molecule has 1 N–H and O–H groups in total. The van der Waals surface area contributed by atoms with Crippen LogP contribution in [0.2, 0.25) is 0 Å². The summed E-state index contributed by atoms with van der Waals surface area (Å²) in [6.07, 6.45) is 0.329. The van der Waals surface area contributed by atoms with Crippen molar-refractivity contribution >= 4 is 0 Å². The molecule has 0 aliphatic carbocycles. The third-order valence-electron chi connectivity index (χ3n) is 2.97. The number of hydrogen-bond donors (Lipinski definition) is 1. The Hall–Kier alpha value is -1.80. The van der Waals surface area contributed by atoms with Crippen molar-refractivity contribution in [2.45, 2.75) is 26.4 Å². The normalized spacial score (nSPS) is 12.2. The van der Waals surface area contributed by atoms with Crippen LogP contribution in [0.3, 0.4) is 0 Å². The van der Waals surface area contributed by atoms with E-state index < -0.39 is 6.10 Å². The van der Waals surface area contributed by atoms with Gasteiger partial charge in [0.15, 0.2) is 0 Å². The van der Waals surface area contributed by atoms with Gasteiger partial charge in [0.2, 0.25) is 0 Å². The molecule has 0 aliphatic heterocycles. The van der Waals surface area contributed by atoms with Gasteiger partial charge in [0.05, 0.1) is 6.10 Å². The summed E-state index contributed by atoms with van der Waals surface area (Å²) >= 11 is 0. The average molecular weight is 242 g/mol. The molecule has 0 amide bonds. The second-order valence-corrected chi connectivity index (χ2v) is 4.36. The molecule has 2 nitrogen and oxygen atoms in total. The van der Waals surface area contributed by atoms with Crippen LogP contribution in [0.25, 0.3) is 0 Å². The van der Waals surface area contributed by atoms with Gasteiger partial charge in [0, 0.05) is 0 Å². The Morgan fingerprint density at radius 1 is 1.06 bits per heavy atom. The van der Waals surface area contributed by atoms with Gasteiger partial charge in [-0.2, -0.15) is 0 Å². The Bertz CT molecular complexity index is 503. The third kappa shape index (κ3) is 2.90. The smallest absolute Gasteiger partial charge is 0.130 e. The van der Waals surface area contributed by atoms with Gasteiger partial charge >= 0.3 is 0 Å². The van der Waals surface area contributed by atoms with Crippen LogP contribution in [0.1, 0.15) is 30.6 Å². The Morgan fingerprint density at radius 2 is 1.72 bits per heavy atom. The van der Waals surface area contributed by atoms with E-state index in [1.54, 1.807) is 0 Å². The molecule has 2 aromatic carbocycles. The first-order valence-electron chi connectivity index (χ1n) is 6.22. The number of ether oxygens (including phenoxy) is 1. The van der Waals surface area contributed by atoms with Crippen LogP contribution >= 0.6 is 0 Å². The van der Waals surface area contributed by atoms with Crippen LogP contribution in [0.4, 0.5) is 0 Å². The highest BCUT2D eigenvalue weighted by Crippen LogP contribution is 2.26. The summed E-state index contributed by atoms with van der Waals surface area (Å²) in [7, 11) is 0. The predicted octanol–water partition coefficient (Wildman–Crippen LogP) is 4.23. The highest BCUT2D eigenvalue weighted by atomic mass is 16.5. The molecule has 2 rings (SSSR count). The SMILES string of the molecule is CCC(O)c1ccc(Oc2ccccc2C)cc1. The molecule has 0 spiro atoms. The number of benzene rings is 2. The van der Waals surface area contributed by atoms with Crippen molar-refractivity contribution in [1.82, 2.24) is 0 Å². The number of para-hydroxylation sites is 1. The van der Waals surface area contributed by atoms with Gasteiger partial charge in [-0.1, -0.05) is 37.3 Å². The zero-order valence-electron chi connectivity index (χ0n) is 10.8. The number of aryl methyl sites for hydroxylation is 1. The van der Waals surface area contributed by atoms with E-state index in [2.05, 4.69) is 0 Å². The van der Waals surface area contributed by atoms with Crippen LogP contribution in [-0.2, 0) is 0 Å². The highest BCUT2D eigenvalue weighted by molar-refractivity contribution is 5.37. The molecular formula is C16H18O2. The predicted molar refractivity (Wildman–Crippen MR) is 72.9 cm³/mol. The second kappa shape index (κ2) is 5.69. The van der Waals surface area contributed by atoms with Crippen molar-refractivity contribution < 1.29 is 9.84 Å². The number of aliphatic hydroxyl groups is 1. The van der Waals surface area contributed by atoms with Crippen molar-refractivity contribution in [2.75, 3.05) is 0 Å². The molecule has 0 saturated carbocycles. The lowest BCUT2D eigenvalue weighted by Gasteiger charge is -2.11. The van der Waals surface area contributed by atoms with Gasteiger partial charge in [-0.25, -0.2) is 0 Å². The van der Waals surface area contributed by atoms with E-state index in [0.29, 0.717) is 0 Å². The zero-order chi connectivity index (χ0) is 13.0. The van der Waals surface area contributed by atoms with E-state index in [-0.39, 0.29) is 0 Å². The number of hydrogen-bond acceptors (Lipinski definition) is 2. The molecule has 0 fully saturated rings. The summed E-state index contributed by atoms with van der Waals surface area (Å²) in [6, 6.07) is 15.5. The van der Waals surface area contributed by atoms with Crippen molar-refractivity contribution in [2.24, 2.45) is 0 Å². The van der Waals surface area contributed by atoms with E-state index in [0.717, 1.165) is 29.0 Å². The number of aliphatic hydroxyl groups excluding tert-OH is 1. The molecular weight excluding hydrogens is 224 g/mol. The molecule has 0 heterocycles. The summed E-state index contributed by atoms with van der Waals surface area (Å²) < 4.78 is 5.80. The molecule has 1 unspecified atom stereocenters. The highest BCUT2D eigenvalue weighted by Gasteiger charge is 2.05. The summed E-state index contributed by atoms with van der Waals surface area (Å²) in [4.78, 5) is 0. The zero-order valence-corrected chi connectivity index (χ0v) is 10.8. The minimum Gasteiger partial charge on any atom is -0.457 e. The lowest BCUT2D eigenvalue weighted by molar-refractivity contribution is 0.173.